The Labute approximate surface area is 161 Å². The smallest absolute Gasteiger partial charge is 0.191 e. The molecule has 2 heterocycles. The molecule has 3 rings (SSSR count). The van der Waals surface area contributed by atoms with Gasteiger partial charge in [0, 0.05) is 40.2 Å². The van der Waals surface area contributed by atoms with Gasteiger partial charge >= 0.3 is 0 Å². The lowest BCUT2D eigenvalue weighted by Crippen LogP contribution is -2.38. The van der Waals surface area contributed by atoms with E-state index in [1.807, 2.05) is 31.3 Å². The number of benzene rings is 1. The van der Waals surface area contributed by atoms with Gasteiger partial charge in [-0.2, -0.15) is 0 Å². The maximum Gasteiger partial charge on any atom is 0.191 e. The molecule has 0 aliphatic heterocycles. The summed E-state index contributed by atoms with van der Waals surface area (Å²) in [5.74, 6) is 0.723. The van der Waals surface area contributed by atoms with Crippen molar-refractivity contribution >= 4 is 38.7 Å². The fraction of sp³-hybridized carbons (Fsp3) is 0.368. The zero-order valence-corrected chi connectivity index (χ0v) is 16.7. The molecule has 0 radical (unpaired) electrons. The lowest BCUT2D eigenvalue weighted by molar-refractivity contribution is 0.191. The van der Waals surface area contributed by atoms with E-state index in [-0.39, 0.29) is 0 Å². The maximum atomic E-state index is 10.5. The molecular weight excluding hydrogens is 364 g/mol. The molecule has 1 unspecified atom stereocenters. The van der Waals surface area contributed by atoms with E-state index in [0.29, 0.717) is 6.54 Å². The van der Waals surface area contributed by atoms with E-state index in [1.54, 1.807) is 22.7 Å². The molecule has 0 aliphatic carbocycles. The van der Waals surface area contributed by atoms with Crippen LogP contribution in [0.2, 0.25) is 0 Å². The normalized spacial score (nSPS) is 13.1. The minimum Gasteiger partial charge on any atom is -0.386 e. The number of thiazole rings is 1. The molecule has 5 nitrogen and oxygen atoms in total. The highest BCUT2D eigenvalue weighted by Gasteiger charge is 2.11. The van der Waals surface area contributed by atoms with Gasteiger partial charge in [-0.3, -0.25) is 4.99 Å². The van der Waals surface area contributed by atoms with E-state index in [9.17, 15) is 5.11 Å². The van der Waals surface area contributed by atoms with Crippen molar-refractivity contribution in [3.8, 4) is 0 Å². The Morgan fingerprint density at radius 3 is 2.85 bits per heavy atom. The van der Waals surface area contributed by atoms with E-state index in [1.165, 1.54) is 15.0 Å². The molecule has 1 aromatic carbocycles. The molecular formula is C19H24N4OS2. The molecule has 3 aromatic rings. The van der Waals surface area contributed by atoms with Crippen molar-refractivity contribution in [3.63, 3.8) is 0 Å². The van der Waals surface area contributed by atoms with Crippen LogP contribution in [-0.4, -0.2) is 35.7 Å². The van der Waals surface area contributed by atoms with Crippen molar-refractivity contribution in [2.75, 3.05) is 19.6 Å². The van der Waals surface area contributed by atoms with Gasteiger partial charge in [0.25, 0.3) is 0 Å². The Kier molecular flexibility index (Phi) is 6.60. The van der Waals surface area contributed by atoms with Crippen LogP contribution >= 0.6 is 22.7 Å². The average Bonchev–Trinajstić information content (AvgIpc) is 3.25. The summed E-state index contributed by atoms with van der Waals surface area (Å²) in [6.45, 7) is 5.97. The summed E-state index contributed by atoms with van der Waals surface area (Å²) in [6.07, 6.45) is 2.17. The summed E-state index contributed by atoms with van der Waals surface area (Å²) < 4.78 is 1.19. The Hall–Kier alpha value is -1.96. The first kappa shape index (κ1) is 18.8. The number of fused-ring (bicyclic) bond motifs is 1. The number of hydrogen-bond acceptors (Lipinski definition) is 5. The monoisotopic (exact) mass is 388 g/mol. The number of nitrogens with one attached hydrogen (secondary N) is 2. The molecule has 2 aromatic heterocycles. The standard InChI is InChI=1S/C19H24N4OS2/c1-3-20-19(21-9-8-18-22-11-13(2)25-18)23-12-15(24)17-10-14-6-4-5-7-16(14)26-17/h4-7,10-11,15,24H,3,8-9,12H2,1-2H3,(H2,20,21,23). The van der Waals surface area contributed by atoms with E-state index >= 15 is 0 Å². The van der Waals surface area contributed by atoms with Gasteiger partial charge in [0.2, 0.25) is 0 Å². The maximum absolute atomic E-state index is 10.5. The zero-order valence-electron chi connectivity index (χ0n) is 15.0. The first-order chi connectivity index (χ1) is 12.7. The van der Waals surface area contributed by atoms with E-state index in [4.69, 9.17) is 0 Å². The minimum atomic E-state index is -0.593. The van der Waals surface area contributed by atoms with Gasteiger partial charge in [0.05, 0.1) is 11.6 Å². The fourth-order valence-corrected chi connectivity index (χ4v) is 4.41. The third kappa shape index (κ3) is 5.03. The van der Waals surface area contributed by atoms with Crippen LogP contribution in [0.4, 0.5) is 0 Å². The van der Waals surface area contributed by atoms with Crippen molar-refractivity contribution in [2.24, 2.45) is 4.99 Å². The number of nitrogens with zero attached hydrogens (tertiary/aromatic N) is 2. The average molecular weight is 389 g/mol. The second-order valence-corrected chi connectivity index (χ2v) is 8.40. The third-order valence-corrected chi connectivity index (χ3v) is 6.03. The van der Waals surface area contributed by atoms with Crippen LogP contribution in [0.15, 0.2) is 41.5 Å². The van der Waals surface area contributed by atoms with Crippen molar-refractivity contribution in [1.82, 2.24) is 15.6 Å². The number of hydrogen-bond donors (Lipinski definition) is 3. The molecule has 0 amide bonds. The number of guanidine groups is 1. The predicted octanol–water partition coefficient (Wildman–Crippen LogP) is 3.50. The molecule has 3 N–H and O–H groups in total. The van der Waals surface area contributed by atoms with Crippen molar-refractivity contribution in [3.05, 3.63) is 51.3 Å². The molecule has 0 saturated carbocycles. The SMILES string of the molecule is CCNC(=NCC(O)c1cc2ccccc2s1)NCCc1ncc(C)s1. The number of thiophene rings is 1. The molecule has 0 bridgehead atoms. The zero-order chi connectivity index (χ0) is 18.4. The Balaban J connectivity index is 1.56. The lowest BCUT2D eigenvalue weighted by Gasteiger charge is -2.12. The van der Waals surface area contributed by atoms with Gasteiger partial charge in [0.1, 0.15) is 6.10 Å². The highest BCUT2D eigenvalue weighted by atomic mass is 32.1. The summed E-state index contributed by atoms with van der Waals surface area (Å²) in [4.78, 5) is 11.1. The van der Waals surface area contributed by atoms with Crippen molar-refractivity contribution in [1.29, 1.82) is 0 Å². The molecule has 7 heteroatoms. The van der Waals surface area contributed by atoms with Gasteiger partial charge in [-0.05, 0) is 31.4 Å². The molecule has 26 heavy (non-hydrogen) atoms. The van der Waals surface area contributed by atoms with Crippen LogP contribution in [0, 0.1) is 6.92 Å². The highest BCUT2D eigenvalue weighted by molar-refractivity contribution is 7.19. The third-order valence-electron chi connectivity index (χ3n) is 3.84. The van der Waals surface area contributed by atoms with E-state index < -0.39 is 6.10 Å². The second-order valence-electron chi connectivity index (χ2n) is 5.96. The molecule has 0 saturated heterocycles. The molecule has 1 atom stereocenters. The Morgan fingerprint density at radius 2 is 2.12 bits per heavy atom. The fourth-order valence-electron chi connectivity index (χ4n) is 2.58. The predicted molar refractivity (Wildman–Crippen MR) is 111 cm³/mol. The lowest BCUT2D eigenvalue weighted by atomic mass is 10.2. The highest BCUT2D eigenvalue weighted by Crippen LogP contribution is 2.29. The Morgan fingerprint density at radius 1 is 1.27 bits per heavy atom. The van der Waals surface area contributed by atoms with E-state index in [0.717, 1.165) is 35.4 Å². The molecule has 0 fully saturated rings. The number of aliphatic imine (C=N–C) groups is 1. The van der Waals surface area contributed by atoms with Crippen LogP contribution in [0.3, 0.4) is 0 Å². The summed E-state index contributed by atoms with van der Waals surface area (Å²) >= 11 is 3.34. The summed E-state index contributed by atoms with van der Waals surface area (Å²) in [7, 11) is 0. The van der Waals surface area contributed by atoms with Crippen molar-refractivity contribution < 1.29 is 5.11 Å². The summed E-state index contributed by atoms with van der Waals surface area (Å²) in [5, 5.41) is 19.3. The van der Waals surface area contributed by atoms with Crippen LogP contribution in [0.1, 0.15) is 27.8 Å². The molecule has 0 spiro atoms. The van der Waals surface area contributed by atoms with Crippen molar-refractivity contribution in [2.45, 2.75) is 26.4 Å². The van der Waals surface area contributed by atoms with Gasteiger partial charge in [-0.25, -0.2) is 4.98 Å². The van der Waals surface area contributed by atoms with E-state index in [2.05, 4.69) is 39.7 Å². The van der Waals surface area contributed by atoms with Crippen LogP contribution in [-0.2, 0) is 6.42 Å². The number of aliphatic hydroxyl groups is 1. The number of rotatable bonds is 7. The van der Waals surface area contributed by atoms with Crippen LogP contribution in [0.5, 0.6) is 0 Å². The topological polar surface area (TPSA) is 69.5 Å². The quantitative estimate of drug-likeness (QED) is 0.428. The van der Waals surface area contributed by atoms with Gasteiger partial charge in [0.15, 0.2) is 5.96 Å². The number of aliphatic hydroxyl groups excluding tert-OH is 1. The summed E-state index contributed by atoms with van der Waals surface area (Å²) in [6, 6.07) is 10.2. The Bertz CT molecular complexity index is 838. The van der Waals surface area contributed by atoms with Gasteiger partial charge in [-0.15, -0.1) is 22.7 Å². The second kappa shape index (κ2) is 9.12. The number of aryl methyl sites for hydroxylation is 1. The molecule has 138 valence electrons. The van der Waals surface area contributed by atoms with Gasteiger partial charge in [-0.1, -0.05) is 18.2 Å². The first-order valence-corrected chi connectivity index (χ1v) is 10.4. The summed E-state index contributed by atoms with van der Waals surface area (Å²) in [5.41, 5.74) is 0. The van der Waals surface area contributed by atoms with Crippen LogP contribution < -0.4 is 10.6 Å². The minimum absolute atomic E-state index is 0.332. The van der Waals surface area contributed by atoms with Gasteiger partial charge < -0.3 is 15.7 Å². The first-order valence-electron chi connectivity index (χ1n) is 8.75. The molecule has 0 aliphatic rings. The number of aromatic nitrogens is 1. The van der Waals surface area contributed by atoms with Crippen LogP contribution in [0.25, 0.3) is 10.1 Å². The largest absolute Gasteiger partial charge is 0.386 e.